The molecule has 1 N–H and O–H groups in total. The highest BCUT2D eigenvalue weighted by Gasteiger charge is 2.40. The molecule has 0 saturated carbocycles. The van der Waals surface area contributed by atoms with Gasteiger partial charge in [0.2, 0.25) is 0 Å². The first-order valence-corrected chi connectivity index (χ1v) is 7.55. The molecule has 0 radical (unpaired) electrons. The first-order chi connectivity index (χ1) is 10.3. The van der Waals surface area contributed by atoms with E-state index in [2.05, 4.69) is 0 Å². The van der Waals surface area contributed by atoms with Crippen LogP contribution in [0.5, 0.6) is 5.75 Å². The van der Waals surface area contributed by atoms with E-state index in [1.807, 2.05) is 27.7 Å². The zero-order chi connectivity index (χ0) is 16.4. The Morgan fingerprint density at radius 2 is 2.05 bits per heavy atom. The molecule has 122 valence electrons. The minimum atomic E-state index is -0.884. The lowest BCUT2D eigenvalue weighted by molar-refractivity contribution is -0.175. The molecule has 2 atom stereocenters. The Bertz CT molecular complexity index is 522. The van der Waals surface area contributed by atoms with Crippen LogP contribution >= 0.6 is 0 Å². The number of hydrogen-bond donors (Lipinski definition) is 1. The van der Waals surface area contributed by atoms with E-state index in [1.165, 1.54) is 0 Å². The van der Waals surface area contributed by atoms with E-state index in [9.17, 15) is 9.90 Å². The van der Waals surface area contributed by atoms with Crippen LogP contribution in [-0.4, -0.2) is 30.4 Å². The molecular formula is C17H24O5. The molecule has 1 aromatic carbocycles. The number of carbonyl (C=O) groups excluding carboxylic acids is 1. The molecule has 1 aromatic rings. The first kappa shape index (κ1) is 16.8. The van der Waals surface area contributed by atoms with Crippen LogP contribution in [0.15, 0.2) is 24.3 Å². The van der Waals surface area contributed by atoms with Crippen molar-refractivity contribution in [1.29, 1.82) is 0 Å². The summed E-state index contributed by atoms with van der Waals surface area (Å²) in [6.07, 6.45) is 0.425. The van der Waals surface area contributed by atoms with Gasteiger partial charge in [0.1, 0.15) is 18.5 Å². The SMILES string of the molecule is CCC(C)(C)C(=O)OCC1COC(C)(c2ccc(O)cc2)O1. The van der Waals surface area contributed by atoms with Crippen LogP contribution in [-0.2, 0) is 24.8 Å². The van der Waals surface area contributed by atoms with E-state index >= 15 is 0 Å². The van der Waals surface area contributed by atoms with Crippen molar-refractivity contribution in [3.8, 4) is 5.75 Å². The van der Waals surface area contributed by atoms with Crippen molar-refractivity contribution in [3.63, 3.8) is 0 Å². The predicted molar refractivity (Wildman–Crippen MR) is 81.3 cm³/mol. The summed E-state index contributed by atoms with van der Waals surface area (Å²) in [4.78, 5) is 12.0. The second kappa shape index (κ2) is 6.26. The smallest absolute Gasteiger partial charge is 0.311 e. The number of phenolic OH excluding ortho intramolecular Hbond substituents is 1. The average Bonchev–Trinajstić information content (AvgIpc) is 2.88. The van der Waals surface area contributed by atoms with Crippen molar-refractivity contribution in [2.24, 2.45) is 5.41 Å². The molecule has 2 rings (SSSR count). The number of aromatic hydroxyl groups is 1. The number of carbonyl (C=O) groups is 1. The summed E-state index contributed by atoms with van der Waals surface area (Å²) in [6, 6.07) is 6.68. The van der Waals surface area contributed by atoms with Gasteiger partial charge in [0.05, 0.1) is 12.0 Å². The Balaban J connectivity index is 1.92. The molecule has 0 aliphatic carbocycles. The summed E-state index contributed by atoms with van der Waals surface area (Å²) in [7, 11) is 0. The Morgan fingerprint density at radius 1 is 1.41 bits per heavy atom. The van der Waals surface area contributed by atoms with Crippen molar-refractivity contribution in [2.45, 2.75) is 46.0 Å². The Morgan fingerprint density at radius 3 is 2.64 bits per heavy atom. The molecule has 5 nitrogen and oxygen atoms in total. The Labute approximate surface area is 131 Å². The molecular weight excluding hydrogens is 284 g/mol. The van der Waals surface area contributed by atoms with Crippen molar-refractivity contribution >= 4 is 5.97 Å². The highest BCUT2D eigenvalue weighted by molar-refractivity contribution is 5.75. The van der Waals surface area contributed by atoms with Crippen LogP contribution in [0.4, 0.5) is 0 Å². The molecule has 2 unspecified atom stereocenters. The van der Waals surface area contributed by atoms with Gasteiger partial charge in [-0.15, -0.1) is 0 Å². The van der Waals surface area contributed by atoms with Crippen molar-refractivity contribution in [2.75, 3.05) is 13.2 Å². The van der Waals surface area contributed by atoms with E-state index in [4.69, 9.17) is 14.2 Å². The zero-order valence-electron chi connectivity index (χ0n) is 13.6. The molecule has 0 bridgehead atoms. The Hall–Kier alpha value is -1.59. The number of esters is 1. The van der Waals surface area contributed by atoms with E-state index < -0.39 is 11.2 Å². The number of rotatable bonds is 5. The average molecular weight is 308 g/mol. The normalized spacial score (nSPS) is 25.2. The van der Waals surface area contributed by atoms with Crippen LogP contribution in [0.25, 0.3) is 0 Å². The number of phenols is 1. The fourth-order valence-electron chi connectivity index (χ4n) is 2.14. The maximum Gasteiger partial charge on any atom is 0.311 e. The second-order valence-electron chi connectivity index (χ2n) is 6.38. The van der Waals surface area contributed by atoms with E-state index in [1.54, 1.807) is 24.3 Å². The van der Waals surface area contributed by atoms with Gasteiger partial charge in [0.15, 0.2) is 5.79 Å². The van der Waals surface area contributed by atoms with E-state index in [0.29, 0.717) is 6.61 Å². The van der Waals surface area contributed by atoms with Crippen LogP contribution in [0.3, 0.4) is 0 Å². The summed E-state index contributed by atoms with van der Waals surface area (Å²) in [6.45, 7) is 8.03. The lowest BCUT2D eigenvalue weighted by atomic mass is 9.91. The fraction of sp³-hybridized carbons (Fsp3) is 0.588. The molecule has 0 spiro atoms. The van der Waals surface area contributed by atoms with Gasteiger partial charge in [-0.05, 0) is 51.5 Å². The molecule has 1 aliphatic rings. The van der Waals surface area contributed by atoms with Crippen LogP contribution in [0.2, 0.25) is 0 Å². The largest absolute Gasteiger partial charge is 0.508 e. The monoisotopic (exact) mass is 308 g/mol. The number of ether oxygens (including phenoxy) is 3. The summed E-state index contributed by atoms with van der Waals surface area (Å²) in [5.41, 5.74) is 0.327. The zero-order valence-corrected chi connectivity index (χ0v) is 13.6. The van der Waals surface area contributed by atoms with Crippen LogP contribution < -0.4 is 0 Å². The van der Waals surface area contributed by atoms with Crippen LogP contribution in [0, 0.1) is 5.41 Å². The van der Waals surface area contributed by atoms with Gasteiger partial charge in [-0.25, -0.2) is 0 Å². The highest BCUT2D eigenvalue weighted by Crippen LogP contribution is 2.34. The summed E-state index contributed by atoms with van der Waals surface area (Å²) in [5.74, 6) is -0.917. The third-order valence-electron chi connectivity index (χ3n) is 4.16. The minimum absolute atomic E-state index is 0.177. The van der Waals surface area contributed by atoms with Gasteiger partial charge in [-0.2, -0.15) is 0 Å². The highest BCUT2D eigenvalue weighted by atomic mass is 16.8. The van der Waals surface area contributed by atoms with E-state index in [-0.39, 0.29) is 24.4 Å². The number of hydrogen-bond acceptors (Lipinski definition) is 5. The van der Waals surface area contributed by atoms with Gasteiger partial charge in [0.25, 0.3) is 0 Å². The molecule has 0 amide bonds. The fourth-order valence-corrected chi connectivity index (χ4v) is 2.14. The van der Waals surface area contributed by atoms with Crippen molar-refractivity contribution in [1.82, 2.24) is 0 Å². The quantitative estimate of drug-likeness (QED) is 0.847. The van der Waals surface area contributed by atoms with Crippen molar-refractivity contribution in [3.05, 3.63) is 29.8 Å². The standard InChI is InChI=1S/C17H24O5/c1-5-16(2,3)15(19)20-10-14-11-21-17(4,22-14)12-6-8-13(18)9-7-12/h6-9,14,18H,5,10-11H2,1-4H3. The molecule has 22 heavy (non-hydrogen) atoms. The molecule has 0 aromatic heterocycles. The van der Waals surface area contributed by atoms with Gasteiger partial charge in [-0.1, -0.05) is 6.92 Å². The van der Waals surface area contributed by atoms with Crippen molar-refractivity contribution < 1.29 is 24.1 Å². The Kier molecular flexibility index (Phi) is 4.78. The molecule has 1 saturated heterocycles. The van der Waals surface area contributed by atoms with Crippen LogP contribution in [0.1, 0.15) is 39.7 Å². The second-order valence-corrected chi connectivity index (χ2v) is 6.38. The van der Waals surface area contributed by atoms with Gasteiger partial charge in [-0.3, -0.25) is 4.79 Å². The molecule has 1 heterocycles. The van der Waals surface area contributed by atoms with Gasteiger partial charge >= 0.3 is 5.97 Å². The first-order valence-electron chi connectivity index (χ1n) is 7.55. The summed E-state index contributed by atoms with van der Waals surface area (Å²) < 4.78 is 17.0. The number of benzene rings is 1. The van der Waals surface area contributed by atoms with E-state index in [0.717, 1.165) is 12.0 Å². The third kappa shape index (κ3) is 3.59. The lowest BCUT2D eigenvalue weighted by Crippen LogP contribution is -2.31. The predicted octanol–water partition coefficient (Wildman–Crippen LogP) is 2.96. The molecule has 1 fully saturated rings. The maximum absolute atomic E-state index is 12.0. The topological polar surface area (TPSA) is 65.0 Å². The maximum atomic E-state index is 12.0. The van der Waals surface area contributed by atoms with Gasteiger partial charge in [0, 0.05) is 5.56 Å². The minimum Gasteiger partial charge on any atom is -0.508 e. The third-order valence-corrected chi connectivity index (χ3v) is 4.16. The lowest BCUT2D eigenvalue weighted by Gasteiger charge is -2.24. The summed E-state index contributed by atoms with van der Waals surface area (Å²) >= 11 is 0. The molecule has 1 aliphatic heterocycles. The molecule has 5 heteroatoms. The summed E-state index contributed by atoms with van der Waals surface area (Å²) in [5, 5.41) is 9.34. The van der Waals surface area contributed by atoms with Gasteiger partial charge < -0.3 is 19.3 Å².